The monoisotopic (exact) mass is 373 g/mol. The van der Waals surface area contributed by atoms with E-state index in [2.05, 4.69) is 15.5 Å². The maximum Gasteiger partial charge on any atom is 0.319 e. The summed E-state index contributed by atoms with van der Waals surface area (Å²) in [7, 11) is 1.56. The number of carbonyl (C=O) groups is 1. The van der Waals surface area contributed by atoms with Crippen LogP contribution < -0.4 is 15.4 Å². The molecule has 0 aromatic heterocycles. The van der Waals surface area contributed by atoms with Crippen LogP contribution in [0.4, 0.5) is 14.9 Å². The van der Waals surface area contributed by atoms with Crippen molar-refractivity contribution in [1.82, 2.24) is 10.2 Å². The summed E-state index contributed by atoms with van der Waals surface area (Å²) < 4.78 is 24.0. The molecule has 0 aliphatic carbocycles. The number of methoxy groups -OCH3 is 1. The lowest BCUT2D eigenvalue weighted by atomic mass is 10.0. The fourth-order valence-electron chi connectivity index (χ4n) is 3.14. The van der Waals surface area contributed by atoms with E-state index >= 15 is 0 Å². The second-order valence-electron chi connectivity index (χ2n) is 6.25. The predicted molar refractivity (Wildman–Crippen MR) is 102 cm³/mol. The van der Waals surface area contributed by atoms with Gasteiger partial charge in [-0.1, -0.05) is 24.3 Å². The molecule has 0 radical (unpaired) electrons. The Morgan fingerprint density at radius 2 is 1.89 bits per heavy atom. The first-order valence-electron chi connectivity index (χ1n) is 8.92. The van der Waals surface area contributed by atoms with Gasteiger partial charge in [0.05, 0.1) is 32.1 Å². The summed E-state index contributed by atoms with van der Waals surface area (Å²) in [6.07, 6.45) is 0. The zero-order chi connectivity index (χ0) is 19.1. The van der Waals surface area contributed by atoms with Crippen LogP contribution in [0.5, 0.6) is 5.75 Å². The number of carbonyl (C=O) groups excluding carboxylic acids is 1. The Balaban J connectivity index is 1.66. The molecule has 2 amide bonds. The second-order valence-corrected chi connectivity index (χ2v) is 6.25. The van der Waals surface area contributed by atoms with Crippen molar-refractivity contribution in [3.63, 3.8) is 0 Å². The average Bonchev–Trinajstić information content (AvgIpc) is 2.70. The highest BCUT2D eigenvalue weighted by molar-refractivity contribution is 5.90. The number of hydrogen-bond acceptors (Lipinski definition) is 4. The lowest BCUT2D eigenvalue weighted by Gasteiger charge is -2.35. The minimum absolute atomic E-state index is 0.0575. The highest BCUT2D eigenvalue weighted by atomic mass is 19.1. The number of nitrogens with zero attached hydrogens (tertiary/aromatic N) is 1. The van der Waals surface area contributed by atoms with Crippen LogP contribution in [0.25, 0.3) is 0 Å². The van der Waals surface area contributed by atoms with Gasteiger partial charge >= 0.3 is 6.03 Å². The van der Waals surface area contributed by atoms with Crippen molar-refractivity contribution in [2.75, 3.05) is 45.3 Å². The molecule has 1 saturated heterocycles. The van der Waals surface area contributed by atoms with Crippen LogP contribution in [0.15, 0.2) is 48.5 Å². The van der Waals surface area contributed by atoms with E-state index in [-0.39, 0.29) is 17.9 Å². The summed E-state index contributed by atoms with van der Waals surface area (Å²) in [5.74, 6) is 0.317. The first-order chi connectivity index (χ1) is 13.2. The van der Waals surface area contributed by atoms with Gasteiger partial charge in [0.1, 0.15) is 11.6 Å². The van der Waals surface area contributed by atoms with Crippen LogP contribution in [-0.4, -0.2) is 50.9 Å². The van der Waals surface area contributed by atoms with Gasteiger partial charge in [-0.3, -0.25) is 4.90 Å². The molecule has 1 aliphatic rings. The Labute approximate surface area is 158 Å². The van der Waals surface area contributed by atoms with Crippen LogP contribution >= 0.6 is 0 Å². The number of para-hydroxylation sites is 2. The van der Waals surface area contributed by atoms with E-state index in [4.69, 9.17) is 9.47 Å². The number of ether oxygens (including phenoxy) is 2. The van der Waals surface area contributed by atoms with Gasteiger partial charge in [0.2, 0.25) is 0 Å². The van der Waals surface area contributed by atoms with Crippen LogP contribution in [0.1, 0.15) is 11.6 Å². The Bertz CT molecular complexity index is 748. The molecule has 27 heavy (non-hydrogen) atoms. The van der Waals surface area contributed by atoms with Crippen molar-refractivity contribution in [2.24, 2.45) is 0 Å². The number of halogens is 1. The Morgan fingerprint density at radius 3 is 2.59 bits per heavy atom. The third-order valence-electron chi connectivity index (χ3n) is 4.55. The van der Waals surface area contributed by atoms with Crippen LogP contribution in [-0.2, 0) is 4.74 Å². The summed E-state index contributed by atoms with van der Waals surface area (Å²) in [5, 5.41) is 5.71. The first-order valence-corrected chi connectivity index (χ1v) is 8.92. The molecule has 2 aromatic carbocycles. The molecule has 1 atom stereocenters. The maximum atomic E-state index is 13.3. The summed E-state index contributed by atoms with van der Waals surface area (Å²) >= 11 is 0. The van der Waals surface area contributed by atoms with Gasteiger partial charge in [0, 0.05) is 19.6 Å². The van der Waals surface area contributed by atoms with Crippen molar-refractivity contribution in [1.29, 1.82) is 0 Å². The molecule has 6 nitrogen and oxygen atoms in total. The highest BCUT2D eigenvalue weighted by Crippen LogP contribution is 2.24. The lowest BCUT2D eigenvalue weighted by molar-refractivity contribution is 0.0167. The number of hydrogen-bond donors (Lipinski definition) is 2. The van der Waals surface area contributed by atoms with E-state index < -0.39 is 0 Å². The standard InChI is InChI=1S/C20H24FN3O3/c1-26-19-5-3-2-4-17(19)23-20(25)22-14-18(24-10-12-27-13-11-24)15-6-8-16(21)9-7-15/h2-9,18H,10-14H2,1H3,(H2,22,23,25). The minimum Gasteiger partial charge on any atom is -0.495 e. The van der Waals surface area contributed by atoms with Crippen LogP contribution in [0.2, 0.25) is 0 Å². The molecule has 1 unspecified atom stereocenters. The Hall–Kier alpha value is -2.64. The molecule has 144 valence electrons. The summed E-state index contributed by atoms with van der Waals surface area (Å²) in [6.45, 7) is 3.21. The Morgan fingerprint density at radius 1 is 1.19 bits per heavy atom. The van der Waals surface area contributed by atoms with E-state index in [0.717, 1.165) is 18.7 Å². The topological polar surface area (TPSA) is 62.8 Å². The van der Waals surface area contributed by atoms with Gasteiger partial charge in [-0.25, -0.2) is 9.18 Å². The van der Waals surface area contributed by atoms with Gasteiger partial charge in [0.15, 0.2) is 0 Å². The van der Waals surface area contributed by atoms with E-state index in [1.54, 1.807) is 31.4 Å². The lowest BCUT2D eigenvalue weighted by Crippen LogP contribution is -2.44. The fraction of sp³-hybridized carbons (Fsp3) is 0.350. The van der Waals surface area contributed by atoms with Gasteiger partial charge in [-0.15, -0.1) is 0 Å². The van der Waals surface area contributed by atoms with Gasteiger partial charge in [-0.05, 0) is 29.8 Å². The molecule has 1 fully saturated rings. The largest absolute Gasteiger partial charge is 0.495 e. The molecule has 0 saturated carbocycles. The number of benzene rings is 2. The van der Waals surface area contributed by atoms with E-state index in [1.165, 1.54) is 12.1 Å². The normalized spacial score (nSPS) is 15.8. The number of rotatable bonds is 6. The van der Waals surface area contributed by atoms with Crippen molar-refractivity contribution >= 4 is 11.7 Å². The minimum atomic E-state index is -0.320. The summed E-state index contributed by atoms with van der Waals surface area (Å²) in [4.78, 5) is 14.6. The number of amides is 2. The molecule has 0 bridgehead atoms. The van der Waals surface area contributed by atoms with Gasteiger partial charge in [-0.2, -0.15) is 0 Å². The number of morpholine rings is 1. The summed E-state index contributed by atoms with van der Waals surface area (Å²) in [6, 6.07) is 13.2. The zero-order valence-corrected chi connectivity index (χ0v) is 15.3. The third kappa shape index (κ3) is 5.18. The SMILES string of the molecule is COc1ccccc1NC(=O)NCC(c1ccc(F)cc1)N1CCOCC1. The first kappa shape index (κ1) is 19.1. The summed E-state index contributed by atoms with van der Waals surface area (Å²) in [5.41, 5.74) is 1.55. The quantitative estimate of drug-likeness (QED) is 0.817. The molecule has 1 aliphatic heterocycles. The molecular weight excluding hydrogens is 349 g/mol. The molecular formula is C20H24FN3O3. The smallest absolute Gasteiger partial charge is 0.319 e. The molecule has 1 heterocycles. The molecule has 2 N–H and O–H groups in total. The van der Waals surface area contributed by atoms with E-state index in [9.17, 15) is 9.18 Å². The Kier molecular flexibility index (Phi) is 6.62. The number of nitrogens with one attached hydrogen (secondary N) is 2. The van der Waals surface area contributed by atoms with Crippen molar-refractivity contribution in [3.8, 4) is 5.75 Å². The maximum absolute atomic E-state index is 13.3. The second kappa shape index (κ2) is 9.34. The van der Waals surface area contributed by atoms with Crippen molar-refractivity contribution < 1.29 is 18.7 Å². The predicted octanol–water partition coefficient (Wildman–Crippen LogP) is 3.03. The molecule has 2 aromatic rings. The molecule has 3 rings (SSSR count). The fourth-order valence-corrected chi connectivity index (χ4v) is 3.14. The van der Waals surface area contributed by atoms with E-state index in [0.29, 0.717) is 31.2 Å². The van der Waals surface area contributed by atoms with Gasteiger partial charge < -0.3 is 20.1 Å². The number of urea groups is 1. The zero-order valence-electron chi connectivity index (χ0n) is 15.3. The van der Waals surface area contributed by atoms with Crippen LogP contribution in [0, 0.1) is 5.82 Å². The molecule has 7 heteroatoms. The van der Waals surface area contributed by atoms with E-state index in [1.807, 2.05) is 12.1 Å². The third-order valence-corrected chi connectivity index (χ3v) is 4.55. The highest BCUT2D eigenvalue weighted by Gasteiger charge is 2.23. The van der Waals surface area contributed by atoms with Gasteiger partial charge in [0.25, 0.3) is 0 Å². The number of anilines is 1. The van der Waals surface area contributed by atoms with Crippen molar-refractivity contribution in [3.05, 3.63) is 59.9 Å². The van der Waals surface area contributed by atoms with Crippen molar-refractivity contribution in [2.45, 2.75) is 6.04 Å². The van der Waals surface area contributed by atoms with Crippen LogP contribution in [0.3, 0.4) is 0 Å². The average molecular weight is 373 g/mol. The molecule has 0 spiro atoms.